The minimum atomic E-state index is -0.703. The van der Waals surface area contributed by atoms with E-state index in [2.05, 4.69) is 15.8 Å². The SMILES string of the molecule is COc1ccc(CC(=O)NC(C)C(=O)NN=Cc2cccc3ccccc23)cc1. The fraction of sp³-hybridized carbons (Fsp3) is 0.174. The molecule has 0 aliphatic carbocycles. The first kappa shape index (κ1) is 20.1. The number of ether oxygens (including phenoxy) is 1. The van der Waals surface area contributed by atoms with Crippen LogP contribution in [0, 0.1) is 0 Å². The fourth-order valence-corrected chi connectivity index (χ4v) is 2.91. The Balaban J connectivity index is 1.53. The summed E-state index contributed by atoms with van der Waals surface area (Å²) >= 11 is 0. The molecule has 0 saturated carbocycles. The number of hydrogen-bond donors (Lipinski definition) is 2. The average molecular weight is 389 g/mol. The van der Waals surface area contributed by atoms with Crippen LogP contribution in [0.25, 0.3) is 10.8 Å². The summed E-state index contributed by atoms with van der Waals surface area (Å²) in [7, 11) is 1.59. The summed E-state index contributed by atoms with van der Waals surface area (Å²) in [5.74, 6) is 0.103. The van der Waals surface area contributed by atoms with E-state index in [0.717, 1.165) is 27.6 Å². The summed E-state index contributed by atoms with van der Waals surface area (Å²) in [6.45, 7) is 1.62. The highest BCUT2D eigenvalue weighted by atomic mass is 16.5. The van der Waals surface area contributed by atoms with E-state index in [0.29, 0.717) is 0 Å². The molecule has 2 amide bonds. The summed E-state index contributed by atoms with van der Waals surface area (Å²) in [4.78, 5) is 24.4. The predicted octanol–water partition coefficient (Wildman–Crippen LogP) is 3.05. The molecule has 3 rings (SSSR count). The smallest absolute Gasteiger partial charge is 0.262 e. The van der Waals surface area contributed by atoms with Crippen LogP contribution in [0.1, 0.15) is 18.1 Å². The van der Waals surface area contributed by atoms with Gasteiger partial charge in [0.05, 0.1) is 19.7 Å². The van der Waals surface area contributed by atoms with Gasteiger partial charge in [0.1, 0.15) is 11.8 Å². The van der Waals surface area contributed by atoms with E-state index in [1.165, 1.54) is 0 Å². The highest BCUT2D eigenvalue weighted by Crippen LogP contribution is 2.16. The number of methoxy groups -OCH3 is 1. The highest BCUT2D eigenvalue weighted by Gasteiger charge is 2.15. The molecule has 6 nitrogen and oxygen atoms in total. The number of fused-ring (bicyclic) bond motifs is 1. The van der Waals surface area contributed by atoms with Crippen molar-refractivity contribution in [2.75, 3.05) is 7.11 Å². The first-order valence-electron chi connectivity index (χ1n) is 9.30. The number of nitrogens with zero attached hydrogens (tertiary/aromatic N) is 1. The molecule has 2 N–H and O–H groups in total. The number of benzene rings is 3. The van der Waals surface area contributed by atoms with Crippen molar-refractivity contribution >= 4 is 28.8 Å². The number of nitrogens with one attached hydrogen (secondary N) is 2. The molecule has 148 valence electrons. The molecular weight excluding hydrogens is 366 g/mol. The zero-order valence-corrected chi connectivity index (χ0v) is 16.4. The topological polar surface area (TPSA) is 79.8 Å². The normalized spacial score (nSPS) is 11.9. The first-order valence-corrected chi connectivity index (χ1v) is 9.30. The molecule has 0 radical (unpaired) electrons. The standard InChI is InChI=1S/C23H23N3O3/c1-16(25-22(27)14-17-10-12-20(29-2)13-11-17)23(28)26-24-15-19-8-5-7-18-6-3-4-9-21(18)19/h3-13,15-16H,14H2,1-2H3,(H,25,27)(H,26,28). The predicted molar refractivity (Wildman–Crippen MR) is 114 cm³/mol. The lowest BCUT2D eigenvalue weighted by Crippen LogP contribution is -2.43. The van der Waals surface area contributed by atoms with Crippen LogP contribution in [0.2, 0.25) is 0 Å². The average Bonchev–Trinajstić information content (AvgIpc) is 2.74. The summed E-state index contributed by atoms with van der Waals surface area (Å²) in [5.41, 5.74) is 4.22. The molecule has 3 aromatic rings. The third-order valence-electron chi connectivity index (χ3n) is 4.50. The van der Waals surface area contributed by atoms with Gasteiger partial charge in [0.2, 0.25) is 5.91 Å². The first-order chi connectivity index (χ1) is 14.1. The van der Waals surface area contributed by atoms with E-state index in [4.69, 9.17) is 4.74 Å². The van der Waals surface area contributed by atoms with Crippen molar-refractivity contribution in [2.45, 2.75) is 19.4 Å². The Bertz CT molecular complexity index is 1020. The van der Waals surface area contributed by atoms with Gasteiger partial charge in [-0.25, -0.2) is 5.43 Å². The number of hydrazone groups is 1. The van der Waals surface area contributed by atoms with Crippen LogP contribution in [0.5, 0.6) is 5.75 Å². The lowest BCUT2D eigenvalue weighted by atomic mass is 10.1. The van der Waals surface area contributed by atoms with Crippen LogP contribution >= 0.6 is 0 Å². The molecule has 0 saturated heterocycles. The van der Waals surface area contributed by atoms with E-state index in [-0.39, 0.29) is 18.2 Å². The summed E-state index contributed by atoms with van der Waals surface area (Å²) in [6.07, 6.45) is 1.78. The summed E-state index contributed by atoms with van der Waals surface area (Å²) in [6, 6.07) is 20.4. The van der Waals surface area contributed by atoms with Gasteiger partial charge in [0.15, 0.2) is 0 Å². The van der Waals surface area contributed by atoms with Gasteiger partial charge in [-0.1, -0.05) is 54.6 Å². The maximum atomic E-state index is 12.2. The van der Waals surface area contributed by atoms with Crippen molar-refractivity contribution in [3.63, 3.8) is 0 Å². The highest BCUT2D eigenvalue weighted by molar-refractivity contribution is 6.00. The minimum absolute atomic E-state index is 0.181. The largest absolute Gasteiger partial charge is 0.497 e. The Morgan fingerprint density at radius 2 is 1.76 bits per heavy atom. The van der Waals surface area contributed by atoms with Crippen molar-refractivity contribution in [3.05, 3.63) is 77.9 Å². The van der Waals surface area contributed by atoms with E-state index >= 15 is 0 Å². The van der Waals surface area contributed by atoms with Crippen LogP contribution in [0.4, 0.5) is 0 Å². The molecule has 0 spiro atoms. The Morgan fingerprint density at radius 1 is 1.03 bits per heavy atom. The summed E-state index contributed by atoms with van der Waals surface area (Å²) in [5, 5.41) is 8.86. The molecule has 29 heavy (non-hydrogen) atoms. The van der Waals surface area contributed by atoms with E-state index < -0.39 is 6.04 Å². The lowest BCUT2D eigenvalue weighted by Gasteiger charge is -2.12. The second-order valence-electron chi connectivity index (χ2n) is 6.62. The van der Waals surface area contributed by atoms with Gasteiger partial charge in [-0.05, 0) is 35.4 Å². The lowest BCUT2D eigenvalue weighted by molar-refractivity contribution is -0.128. The van der Waals surface area contributed by atoms with Gasteiger partial charge >= 0.3 is 0 Å². The van der Waals surface area contributed by atoms with Gasteiger partial charge in [-0.2, -0.15) is 5.10 Å². The molecule has 0 fully saturated rings. The van der Waals surface area contributed by atoms with Gasteiger partial charge < -0.3 is 10.1 Å². The van der Waals surface area contributed by atoms with Crippen molar-refractivity contribution in [1.29, 1.82) is 0 Å². The van der Waals surface area contributed by atoms with E-state index in [1.807, 2.05) is 54.6 Å². The fourth-order valence-electron chi connectivity index (χ4n) is 2.91. The van der Waals surface area contributed by atoms with Crippen LogP contribution < -0.4 is 15.5 Å². The summed E-state index contributed by atoms with van der Waals surface area (Å²) < 4.78 is 5.10. The third kappa shape index (κ3) is 5.42. The van der Waals surface area contributed by atoms with Gasteiger partial charge in [-0.3, -0.25) is 9.59 Å². The Hall–Kier alpha value is -3.67. The molecule has 0 bridgehead atoms. The van der Waals surface area contributed by atoms with Gasteiger partial charge in [-0.15, -0.1) is 0 Å². The number of rotatable bonds is 7. The molecule has 1 atom stereocenters. The molecule has 3 aromatic carbocycles. The van der Waals surface area contributed by atoms with Crippen molar-refractivity contribution in [3.8, 4) is 5.75 Å². The maximum Gasteiger partial charge on any atom is 0.262 e. The number of hydrogen-bond acceptors (Lipinski definition) is 4. The van der Waals surface area contributed by atoms with Crippen LogP contribution in [-0.4, -0.2) is 31.2 Å². The molecule has 1 unspecified atom stereocenters. The van der Waals surface area contributed by atoms with Crippen LogP contribution in [0.3, 0.4) is 0 Å². The van der Waals surface area contributed by atoms with Crippen LogP contribution in [-0.2, 0) is 16.0 Å². The van der Waals surface area contributed by atoms with Crippen molar-refractivity contribution in [1.82, 2.24) is 10.7 Å². The number of carbonyl (C=O) groups excluding carboxylic acids is 2. The second kappa shape index (κ2) is 9.50. The quantitative estimate of drug-likeness (QED) is 0.481. The third-order valence-corrected chi connectivity index (χ3v) is 4.50. The second-order valence-corrected chi connectivity index (χ2v) is 6.62. The molecule has 0 heterocycles. The van der Waals surface area contributed by atoms with E-state index in [1.54, 1.807) is 32.4 Å². The Morgan fingerprint density at radius 3 is 2.52 bits per heavy atom. The maximum absolute atomic E-state index is 12.2. The Kier molecular flexibility index (Phi) is 6.58. The van der Waals surface area contributed by atoms with Crippen molar-refractivity contribution < 1.29 is 14.3 Å². The van der Waals surface area contributed by atoms with Gasteiger partial charge in [0.25, 0.3) is 5.91 Å². The van der Waals surface area contributed by atoms with Crippen molar-refractivity contribution in [2.24, 2.45) is 5.10 Å². The van der Waals surface area contributed by atoms with Crippen LogP contribution in [0.15, 0.2) is 71.8 Å². The molecule has 6 heteroatoms. The molecular formula is C23H23N3O3. The number of carbonyl (C=O) groups is 2. The molecule has 0 aliphatic rings. The molecule has 0 aromatic heterocycles. The Labute approximate surface area is 169 Å². The number of amides is 2. The zero-order valence-electron chi connectivity index (χ0n) is 16.4. The zero-order chi connectivity index (χ0) is 20.6. The monoisotopic (exact) mass is 389 g/mol. The van der Waals surface area contributed by atoms with Gasteiger partial charge in [0, 0.05) is 5.56 Å². The minimum Gasteiger partial charge on any atom is -0.497 e. The van der Waals surface area contributed by atoms with E-state index in [9.17, 15) is 9.59 Å². The molecule has 0 aliphatic heterocycles.